The Kier molecular flexibility index (Phi) is 4.10. The third-order valence-corrected chi connectivity index (χ3v) is 3.29. The van der Waals surface area contributed by atoms with Crippen LogP contribution in [0.1, 0.15) is 25.3 Å². The molecule has 2 rings (SSSR count). The van der Waals surface area contributed by atoms with E-state index in [1.807, 2.05) is 25.1 Å². The molecule has 0 radical (unpaired) electrons. The summed E-state index contributed by atoms with van der Waals surface area (Å²) in [5.74, 6) is -0.323. The minimum Gasteiger partial charge on any atom is -0.295 e. The molecule has 2 amide bonds. The van der Waals surface area contributed by atoms with E-state index in [4.69, 9.17) is 0 Å². The van der Waals surface area contributed by atoms with Gasteiger partial charge in [-0.1, -0.05) is 37.3 Å². The van der Waals surface area contributed by atoms with Gasteiger partial charge in [0.15, 0.2) is 0 Å². The zero-order valence-corrected chi connectivity index (χ0v) is 10.6. The monoisotopic (exact) mass is 246 g/mol. The van der Waals surface area contributed by atoms with Gasteiger partial charge in [-0.3, -0.25) is 19.8 Å². The number of nitrogens with one attached hydrogen (secondary N) is 1. The first kappa shape index (κ1) is 12.8. The zero-order chi connectivity index (χ0) is 13.0. The smallest absolute Gasteiger partial charge is 0.243 e. The maximum absolute atomic E-state index is 11.8. The molecule has 1 aromatic rings. The van der Waals surface area contributed by atoms with Crippen molar-refractivity contribution in [2.75, 3.05) is 6.54 Å². The highest BCUT2D eigenvalue weighted by Gasteiger charge is 2.30. The minimum atomic E-state index is -0.187. The van der Waals surface area contributed by atoms with Crippen molar-refractivity contribution in [3.63, 3.8) is 0 Å². The van der Waals surface area contributed by atoms with E-state index in [2.05, 4.69) is 22.3 Å². The van der Waals surface area contributed by atoms with Gasteiger partial charge in [-0.2, -0.15) is 0 Å². The Morgan fingerprint density at radius 2 is 2.00 bits per heavy atom. The molecule has 4 heteroatoms. The summed E-state index contributed by atoms with van der Waals surface area (Å²) in [6.45, 7) is 3.57. The molecule has 0 spiro atoms. The van der Waals surface area contributed by atoms with Crippen LogP contribution >= 0.6 is 0 Å². The molecule has 1 aliphatic heterocycles. The van der Waals surface area contributed by atoms with E-state index < -0.39 is 0 Å². The highest BCUT2D eigenvalue weighted by atomic mass is 16.2. The Bertz CT molecular complexity index is 431. The third kappa shape index (κ3) is 2.96. The van der Waals surface area contributed by atoms with E-state index in [0.29, 0.717) is 12.8 Å². The second-order valence-electron chi connectivity index (χ2n) is 4.52. The lowest BCUT2D eigenvalue weighted by Gasteiger charge is -2.31. The van der Waals surface area contributed by atoms with E-state index in [0.717, 1.165) is 13.1 Å². The van der Waals surface area contributed by atoms with Crippen molar-refractivity contribution in [1.82, 2.24) is 10.2 Å². The number of hydrogen-bond donors (Lipinski definition) is 1. The topological polar surface area (TPSA) is 49.4 Å². The first-order valence-electron chi connectivity index (χ1n) is 6.32. The number of imide groups is 1. The van der Waals surface area contributed by atoms with Crippen LogP contribution in [0.5, 0.6) is 0 Å². The average Bonchev–Trinajstić information content (AvgIpc) is 2.38. The van der Waals surface area contributed by atoms with Gasteiger partial charge in [0.1, 0.15) is 0 Å². The van der Waals surface area contributed by atoms with Gasteiger partial charge in [-0.15, -0.1) is 0 Å². The van der Waals surface area contributed by atoms with Crippen molar-refractivity contribution >= 4 is 11.8 Å². The van der Waals surface area contributed by atoms with Gasteiger partial charge in [0.25, 0.3) is 0 Å². The summed E-state index contributed by atoms with van der Waals surface area (Å²) >= 11 is 0. The molecule has 0 saturated carbocycles. The van der Waals surface area contributed by atoms with E-state index in [9.17, 15) is 9.59 Å². The summed E-state index contributed by atoms with van der Waals surface area (Å²) < 4.78 is 0. The first-order valence-corrected chi connectivity index (χ1v) is 6.32. The minimum absolute atomic E-state index is 0.160. The van der Waals surface area contributed by atoms with Crippen molar-refractivity contribution in [1.29, 1.82) is 0 Å². The molecule has 0 aliphatic carbocycles. The fourth-order valence-electron chi connectivity index (χ4n) is 2.29. The molecule has 1 N–H and O–H groups in total. The Labute approximate surface area is 107 Å². The SMILES string of the molecule is CCN(Cc1ccccc1)C1CCC(=O)NC1=O. The van der Waals surface area contributed by atoms with Gasteiger partial charge >= 0.3 is 0 Å². The largest absolute Gasteiger partial charge is 0.295 e. The molecule has 1 fully saturated rings. The number of rotatable bonds is 4. The number of piperidine rings is 1. The van der Waals surface area contributed by atoms with Crippen LogP contribution in [0.15, 0.2) is 30.3 Å². The van der Waals surface area contributed by atoms with Gasteiger partial charge in [-0.25, -0.2) is 0 Å². The molecule has 1 aliphatic rings. The summed E-state index contributed by atoms with van der Waals surface area (Å²) in [7, 11) is 0. The summed E-state index contributed by atoms with van der Waals surface area (Å²) in [6, 6.07) is 9.88. The molecule has 1 aromatic carbocycles. The third-order valence-electron chi connectivity index (χ3n) is 3.29. The second-order valence-corrected chi connectivity index (χ2v) is 4.52. The number of nitrogens with zero attached hydrogens (tertiary/aromatic N) is 1. The highest BCUT2D eigenvalue weighted by Crippen LogP contribution is 2.15. The van der Waals surface area contributed by atoms with Crippen LogP contribution in [0.4, 0.5) is 0 Å². The molecule has 18 heavy (non-hydrogen) atoms. The molecular weight excluding hydrogens is 228 g/mol. The predicted molar refractivity (Wildman–Crippen MR) is 68.7 cm³/mol. The standard InChI is InChI=1S/C14H18N2O2/c1-2-16(10-11-6-4-3-5-7-11)12-8-9-13(17)15-14(12)18/h3-7,12H,2,8-10H2,1H3,(H,15,17,18). The molecule has 96 valence electrons. The van der Waals surface area contributed by atoms with Crippen molar-refractivity contribution in [3.05, 3.63) is 35.9 Å². The lowest BCUT2D eigenvalue weighted by atomic mass is 10.0. The van der Waals surface area contributed by atoms with Crippen LogP contribution in [-0.4, -0.2) is 29.3 Å². The normalized spacial score (nSPS) is 20.0. The predicted octanol–water partition coefficient (Wildman–Crippen LogP) is 1.31. The van der Waals surface area contributed by atoms with E-state index >= 15 is 0 Å². The van der Waals surface area contributed by atoms with Crippen LogP contribution in [0.25, 0.3) is 0 Å². The maximum Gasteiger partial charge on any atom is 0.243 e. The molecule has 4 nitrogen and oxygen atoms in total. The second kappa shape index (κ2) is 5.78. The maximum atomic E-state index is 11.8. The summed E-state index contributed by atoms with van der Waals surface area (Å²) in [4.78, 5) is 25.1. The molecule has 1 saturated heterocycles. The molecule has 0 aromatic heterocycles. The lowest BCUT2D eigenvalue weighted by Crippen LogP contribution is -2.52. The Morgan fingerprint density at radius 3 is 2.61 bits per heavy atom. The van der Waals surface area contributed by atoms with Gasteiger partial charge in [0, 0.05) is 13.0 Å². The quantitative estimate of drug-likeness (QED) is 0.815. The summed E-state index contributed by atoms with van der Waals surface area (Å²) in [6.07, 6.45) is 1.05. The van der Waals surface area contributed by atoms with Gasteiger partial charge < -0.3 is 0 Å². The number of carbonyl (C=O) groups is 2. The Balaban J connectivity index is 2.04. The lowest BCUT2D eigenvalue weighted by molar-refractivity contribution is -0.137. The van der Waals surface area contributed by atoms with Crippen LogP contribution < -0.4 is 5.32 Å². The molecule has 1 unspecified atom stereocenters. The molecule has 0 bridgehead atoms. The number of amides is 2. The van der Waals surface area contributed by atoms with Crippen LogP contribution in [0.3, 0.4) is 0 Å². The van der Waals surface area contributed by atoms with Gasteiger partial charge in [-0.05, 0) is 18.5 Å². The van der Waals surface area contributed by atoms with Gasteiger partial charge in [0.05, 0.1) is 6.04 Å². The van der Waals surface area contributed by atoms with Crippen molar-refractivity contribution in [3.8, 4) is 0 Å². The zero-order valence-electron chi connectivity index (χ0n) is 10.6. The Hall–Kier alpha value is -1.68. The summed E-state index contributed by atoms with van der Waals surface area (Å²) in [5.41, 5.74) is 1.18. The Morgan fingerprint density at radius 1 is 1.28 bits per heavy atom. The van der Waals surface area contributed by atoms with Crippen LogP contribution in [0.2, 0.25) is 0 Å². The highest BCUT2D eigenvalue weighted by molar-refractivity contribution is 6.00. The van der Waals surface area contributed by atoms with Crippen molar-refractivity contribution < 1.29 is 9.59 Å². The fraction of sp³-hybridized carbons (Fsp3) is 0.429. The van der Waals surface area contributed by atoms with E-state index in [1.54, 1.807) is 0 Å². The number of likely N-dealkylation sites (N-methyl/N-ethyl adjacent to an activating group) is 1. The molecule has 1 heterocycles. The van der Waals surface area contributed by atoms with Crippen molar-refractivity contribution in [2.24, 2.45) is 0 Å². The number of carbonyl (C=O) groups excluding carboxylic acids is 2. The van der Waals surface area contributed by atoms with Crippen LogP contribution in [-0.2, 0) is 16.1 Å². The van der Waals surface area contributed by atoms with Crippen molar-refractivity contribution in [2.45, 2.75) is 32.4 Å². The molecular formula is C14H18N2O2. The average molecular weight is 246 g/mol. The van der Waals surface area contributed by atoms with E-state index in [-0.39, 0.29) is 17.9 Å². The van der Waals surface area contributed by atoms with Gasteiger partial charge in [0.2, 0.25) is 11.8 Å². The summed E-state index contributed by atoms with van der Waals surface area (Å²) in [5, 5.41) is 2.41. The fourth-order valence-corrected chi connectivity index (χ4v) is 2.29. The molecule has 1 atom stereocenters. The van der Waals surface area contributed by atoms with E-state index in [1.165, 1.54) is 5.56 Å². The number of benzene rings is 1. The number of hydrogen-bond acceptors (Lipinski definition) is 3. The van der Waals surface area contributed by atoms with Crippen LogP contribution in [0, 0.1) is 0 Å². The first-order chi connectivity index (χ1) is 8.70.